The second kappa shape index (κ2) is 17.8. The number of nitrogens with one attached hydrogen (secondary N) is 1. The van der Waals surface area contributed by atoms with Crippen molar-refractivity contribution in [3.05, 3.63) is 46.1 Å². The molecule has 1 aromatic rings. The summed E-state index contributed by atoms with van der Waals surface area (Å²) in [5.41, 5.74) is 5.63. The third-order valence-electron chi connectivity index (χ3n) is 9.14. The molecule has 1 aromatic carbocycles. The zero-order valence-electron chi connectivity index (χ0n) is 27.9. The molecule has 1 amide bonds. The highest BCUT2D eigenvalue weighted by molar-refractivity contribution is 6.05. The van der Waals surface area contributed by atoms with Gasteiger partial charge in [-0.1, -0.05) is 97.3 Å². The summed E-state index contributed by atoms with van der Waals surface area (Å²) in [5.74, 6) is 3.24. The van der Waals surface area contributed by atoms with Crippen LogP contribution in [-0.4, -0.2) is 23.2 Å². The number of ether oxygens (including phenoxy) is 1. The highest BCUT2D eigenvalue weighted by atomic mass is 16.5. The van der Waals surface area contributed by atoms with Crippen molar-refractivity contribution >= 4 is 11.6 Å². The lowest BCUT2D eigenvalue weighted by atomic mass is 9.88. The van der Waals surface area contributed by atoms with E-state index < -0.39 is 6.10 Å². The summed E-state index contributed by atoms with van der Waals surface area (Å²) in [6.45, 7) is 19.3. The minimum absolute atomic E-state index is 0.261. The van der Waals surface area contributed by atoms with Crippen LogP contribution in [0.2, 0.25) is 0 Å². The van der Waals surface area contributed by atoms with Crippen molar-refractivity contribution < 1.29 is 14.6 Å². The van der Waals surface area contributed by atoms with Crippen molar-refractivity contribution in [3.8, 4) is 5.75 Å². The van der Waals surface area contributed by atoms with Crippen LogP contribution in [-0.2, 0) is 11.2 Å². The second-order valence-corrected chi connectivity index (χ2v) is 13.4. The van der Waals surface area contributed by atoms with Crippen molar-refractivity contribution in [2.45, 2.75) is 152 Å². The van der Waals surface area contributed by atoms with E-state index in [1.807, 2.05) is 13.0 Å². The minimum Gasteiger partial charge on any atom is -0.490 e. The van der Waals surface area contributed by atoms with E-state index in [-0.39, 0.29) is 12.0 Å². The lowest BCUT2D eigenvalue weighted by Gasteiger charge is -2.31. The number of aliphatic hydroxyl groups is 1. The van der Waals surface area contributed by atoms with Crippen LogP contribution in [0, 0.1) is 38.5 Å². The number of carbonyl (C=O) groups excluding carboxylic acids is 1. The molecule has 232 valence electrons. The Bertz CT molecular complexity index is 1020. The molecule has 4 unspecified atom stereocenters. The number of anilines is 1. The van der Waals surface area contributed by atoms with Gasteiger partial charge in [-0.15, -0.1) is 0 Å². The third kappa shape index (κ3) is 11.3. The van der Waals surface area contributed by atoms with E-state index in [0.29, 0.717) is 5.57 Å². The Kier molecular flexibility index (Phi) is 15.2. The van der Waals surface area contributed by atoms with Gasteiger partial charge in [0, 0.05) is 11.3 Å². The third-order valence-corrected chi connectivity index (χ3v) is 9.14. The van der Waals surface area contributed by atoms with Gasteiger partial charge in [0.05, 0.1) is 12.2 Å². The van der Waals surface area contributed by atoms with Crippen molar-refractivity contribution in [2.24, 2.45) is 17.8 Å². The van der Waals surface area contributed by atoms with Gasteiger partial charge in [-0.25, -0.2) is 0 Å². The molecular weight excluding hydrogens is 506 g/mol. The molecule has 2 rings (SSSR count). The number of hydrogen-bond acceptors (Lipinski definition) is 3. The van der Waals surface area contributed by atoms with E-state index in [1.54, 1.807) is 19.1 Å². The fourth-order valence-electron chi connectivity index (χ4n) is 6.20. The number of rotatable bonds is 17. The number of amides is 1. The summed E-state index contributed by atoms with van der Waals surface area (Å²) in [4.78, 5) is 13.0. The molecule has 0 saturated heterocycles. The number of fused-ring (bicyclic) bond motifs is 1. The van der Waals surface area contributed by atoms with Crippen LogP contribution >= 0.6 is 0 Å². The molecule has 0 fully saturated rings. The fraction of sp³-hybridized carbons (Fsp3) is 0.703. The molecule has 0 aliphatic carbocycles. The van der Waals surface area contributed by atoms with Crippen LogP contribution in [0.3, 0.4) is 0 Å². The SMILES string of the molecule is CC=CC=C(C(=O)Nc1c(C)c(C)c2c(c1C)CCC(CCCC(C)CCCC(C)CCCCC(C)C)O2)C(C)O. The van der Waals surface area contributed by atoms with Crippen LogP contribution in [0.4, 0.5) is 5.69 Å². The maximum absolute atomic E-state index is 13.0. The molecule has 4 heteroatoms. The Morgan fingerprint density at radius 2 is 1.51 bits per heavy atom. The Hall–Kier alpha value is -2.07. The molecule has 4 nitrogen and oxygen atoms in total. The van der Waals surface area contributed by atoms with E-state index in [4.69, 9.17) is 4.74 Å². The Morgan fingerprint density at radius 3 is 2.12 bits per heavy atom. The molecule has 0 bridgehead atoms. The largest absolute Gasteiger partial charge is 0.490 e. The molecule has 0 saturated carbocycles. The van der Waals surface area contributed by atoms with Crippen molar-refractivity contribution in [1.29, 1.82) is 0 Å². The summed E-state index contributed by atoms with van der Waals surface area (Å²) in [6.07, 6.45) is 20.0. The highest BCUT2D eigenvalue weighted by Crippen LogP contribution is 2.41. The summed E-state index contributed by atoms with van der Waals surface area (Å²) in [7, 11) is 0. The second-order valence-electron chi connectivity index (χ2n) is 13.4. The average Bonchev–Trinajstić information content (AvgIpc) is 2.92. The van der Waals surface area contributed by atoms with E-state index in [9.17, 15) is 9.90 Å². The lowest BCUT2D eigenvalue weighted by Crippen LogP contribution is -2.26. The van der Waals surface area contributed by atoms with Gasteiger partial charge in [0.2, 0.25) is 0 Å². The molecule has 4 atom stereocenters. The van der Waals surface area contributed by atoms with Gasteiger partial charge in [0.1, 0.15) is 5.75 Å². The molecule has 0 radical (unpaired) electrons. The first-order chi connectivity index (χ1) is 19.5. The van der Waals surface area contributed by atoms with Crippen molar-refractivity contribution in [3.63, 3.8) is 0 Å². The number of carbonyl (C=O) groups is 1. The van der Waals surface area contributed by atoms with Crippen LogP contribution in [0.5, 0.6) is 5.75 Å². The van der Waals surface area contributed by atoms with E-state index in [1.165, 1.54) is 63.4 Å². The Labute approximate surface area is 252 Å². The molecular formula is C37H61NO3. The van der Waals surface area contributed by atoms with Crippen molar-refractivity contribution in [2.75, 3.05) is 5.32 Å². The van der Waals surface area contributed by atoms with Crippen LogP contribution < -0.4 is 10.1 Å². The highest BCUT2D eigenvalue weighted by Gasteiger charge is 2.27. The topological polar surface area (TPSA) is 58.6 Å². The molecule has 0 spiro atoms. The first kappa shape index (κ1) is 35.1. The normalized spacial score (nSPS) is 17.8. The number of aliphatic hydroxyl groups excluding tert-OH is 1. The average molecular weight is 568 g/mol. The number of hydrogen-bond donors (Lipinski definition) is 2. The lowest BCUT2D eigenvalue weighted by molar-refractivity contribution is -0.113. The van der Waals surface area contributed by atoms with Gasteiger partial charge in [-0.3, -0.25) is 4.79 Å². The zero-order valence-corrected chi connectivity index (χ0v) is 27.9. The van der Waals surface area contributed by atoms with Crippen LogP contribution in [0.25, 0.3) is 0 Å². The Morgan fingerprint density at radius 1 is 0.902 bits per heavy atom. The van der Waals surface area contributed by atoms with E-state index in [0.717, 1.165) is 65.1 Å². The predicted octanol–water partition coefficient (Wildman–Crippen LogP) is 9.96. The molecule has 41 heavy (non-hydrogen) atoms. The van der Waals surface area contributed by atoms with Crippen LogP contribution in [0.1, 0.15) is 134 Å². The summed E-state index contributed by atoms with van der Waals surface area (Å²) in [5, 5.41) is 13.2. The van der Waals surface area contributed by atoms with Gasteiger partial charge in [-0.05, 0) is 100 Å². The van der Waals surface area contributed by atoms with E-state index in [2.05, 4.69) is 53.8 Å². The van der Waals surface area contributed by atoms with Gasteiger partial charge < -0.3 is 15.2 Å². The molecule has 2 N–H and O–H groups in total. The molecule has 0 aromatic heterocycles. The van der Waals surface area contributed by atoms with Crippen LogP contribution in [0.15, 0.2) is 23.8 Å². The number of benzene rings is 1. The zero-order chi connectivity index (χ0) is 30.5. The maximum atomic E-state index is 13.0. The number of unbranched alkanes of at least 4 members (excludes halogenated alkanes) is 1. The standard InChI is InChI=1S/C37H61NO3/c1-10-11-22-34(31(9)39)37(40)38-35-28(6)29(7)36-33(30(35)8)24-23-32(41-36)21-15-20-27(5)19-14-18-26(4)17-13-12-16-25(2)3/h10-11,22,25-27,31-32,39H,12-21,23-24H2,1-9H3,(H,38,40). The van der Waals surface area contributed by atoms with Gasteiger partial charge >= 0.3 is 0 Å². The monoisotopic (exact) mass is 567 g/mol. The summed E-state index contributed by atoms with van der Waals surface area (Å²) in [6, 6.07) is 0. The number of allylic oxidation sites excluding steroid dienone is 3. The van der Waals surface area contributed by atoms with Gasteiger partial charge in [0.25, 0.3) is 5.91 Å². The Balaban J connectivity index is 1.86. The molecule has 1 aliphatic heterocycles. The maximum Gasteiger partial charge on any atom is 0.254 e. The molecule has 1 heterocycles. The smallest absolute Gasteiger partial charge is 0.254 e. The summed E-state index contributed by atoms with van der Waals surface area (Å²) >= 11 is 0. The minimum atomic E-state index is -0.842. The van der Waals surface area contributed by atoms with E-state index >= 15 is 0 Å². The summed E-state index contributed by atoms with van der Waals surface area (Å²) < 4.78 is 6.61. The quantitative estimate of drug-likeness (QED) is 0.112. The van der Waals surface area contributed by atoms with Crippen molar-refractivity contribution in [1.82, 2.24) is 0 Å². The molecule has 1 aliphatic rings. The van der Waals surface area contributed by atoms with Gasteiger partial charge in [-0.2, -0.15) is 0 Å². The van der Waals surface area contributed by atoms with Gasteiger partial charge in [0.15, 0.2) is 0 Å². The first-order valence-corrected chi connectivity index (χ1v) is 16.6. The fourth-order valence-corrected chi connectivity index (χ4v) is 6.20. The predicted molar refractivity (Wildman–Crippen MR) is 176 cm³/mol. The first-order valence-electron chi connectivity index (χ1n) is 16.6.